The molecule has 0 spiro atoms. The molecule has 1 heterocycles. The van der Waals surface area contributed by atoms with Crippen molar-refractivity contribution < 1.29 is 9.50 Å². The maximum atomic E-state index is 12.7. The summed E-state index contributed by atoms with van der Waals surface area (Å²) < 4.78 is 12.7. The number of hydrogen-bond donors (Lipinski definition) is 1. The number of halogens is 1. The van der Waals surface area contributed by atoms with Gasteiger partial charge in [0, 0.05) is 12.2 Å². The van der Waals surface area contributed by atoms with E-state index in [0.29, 0.717) is 0 Å². The average molecular weight is 195 g/mol. The van der Waals surface area contributed by atoms with Gasteiger partial charge in [-0.2, -0.15) is 0 Å². The summed E-state index contributed by atoms with van der Waals surface area (Å²) in [6.45, 7) is 1.13. The lowest BCUT2D eigenvalue weighted by molar-refractivity contribution is 0.266. The molecule has 1 saturated heterocycles. The number of aliphatic hydroxyl groups is 1. The van der Waals surface area contributed by atoms with Gasteiger partial charge in [-0.05, 0) is 37.1 Å². The summed E-state index contributed by atoms with van der Waals surface area (Å²) in [7, 11) is 0. The van der Waals surface area contributed by atoms with Crippen LogP contribution in [0.5, 0.6) is 0 Å². The van der Waals surface area contributed by atoms with Crippen molar-refractivity contribution in [3.05, 3.63) is 30.1 Å². The minimum atomic E-state index is -0.214. The van der Waals surface area contributed by atoms with Gasteiger partial charge in [0.05, 0.1) is 12.6 Å². The van der Waals surface area contributed by atoms with Crippen molar-refractivity contribution in [3.63, 3.8) is 0 Å². The van der Waals surface area contributed by atoms with Gasteiger partial charge in [0.25, 0.3) is 0 Å². The molecule has 0 aromatic heterocycles. The fraction of sp³-hybridized carbons (Fsp3) is 0.455. The van der Waals surface area contributed by atoms with E-state index >= 15 is 0 Å². The van der Waals surface area contributed by atoms with Crippen LogP contribution in [0.2, 0.25) is 0 Å². The van der Waals surface area contributed by atoms with Crippen LogP contribution in [-0.2, 0) is 0 Å². The highest BCUT2D eigenvalue weighted by atomic mass is 19.1. The molecule has 0 radical (unpaired) electrons. The topological polar surface area (TPSA) is 23.5 Å². The van der Waals surface area contributed by atoms with Crippen LogP contribution in [0.3, 0.4) is 0 Å². The summed E-state index contributed by atoms with van der Waals surface area (Å²) in [6.07, 6.45) is 2.12. The van der Waals surface area contributed by atoms with Gasteiger partial charge in [0.1, 0.15) is 5.82 Å². The van der Waals surface area contributed by atoms with E-state index in [4.69, 9.17) is 5.11 Å². The van der Waals surface area contributed by atoms with Crippen molar-refractivity contribution in [2.45, 2.75) is 18.9 Å². The van der Waals surface area contributed by atoms with Gasteiger partial charge >= 0.3 is 0 Å². The van der Waals surface area contributed by atoms with Crippen LogP contribution in [-0.4, -0.2) is 24.3 Å². The maximum Gasteiger partial charge on any atom is 0.123 e. The Kier molecular flexibility index (Phi) is 2.68. The van der Waals surface area contributed by atoms with Crippen LogP contribution >= 0.6 is 0 Å². The first kappa shape index (κ1) is 9.46. The van der Waals surface area contributed by atoms with E-state index < -0.39 is 0 Å². The van der Waals surface area contributed by atoms with Crippen molar-refractivity contribution in [3.8, 4) is 0 Å². The third-order valence-corrected chi connectivity index (χ3v) is 2.75. The Labute approximate surface area is 83.0 Å². The van der Waals surface area contributed by atoms with E-state index in [1.54, 1.807) is 12.1 Å². The number of benzene rings is 1. The summed E-state index contributed by atoms with van der Waals surface area (Å²) >= 11 is 0. The number of aliphatic hydroxyl groups excluding tert-OH is 1. The Balaban J connectivity index is 2.17. The van der Waals surface area contributed by atoms with Crippen LogP contribution in [0.4, 0.5) is 10.1 Å². The number of anilines is 1. The zero-order chi connectivity index (χ0) is 9.97. The second kappa shape index (κ2) is 3.96. The highest BCUT2D eigenvalue weighted by Gasteiger charge is 2.23. The zero-order valence-corrected chi connectivity index (χ0v) is 7.99. The largest absolute Gasteiger partial charge is 0.394 e. The molecule has 0 saturated carbocycles. The molecule has 3 heteroatoms. The van der Waals surface area contributed by atoms with E-state index in [2.05, 4.69) is 4.90 Å². The molecule has 1 aromatic rings. The van der Waals surface area contributed by atoms with Gasteiger partial charge < -0.3 is 10.0 Å². The van der Waals surface area contributed by atoms with Crippen molar-refractivity contribution in [2.24, 2.45) is 0 Å². The molecule has 2 nitrogen and oxygen atoms in total. The van der Waals surface area contributed by atoms with Gasteiger partial charge in [-0.1, -0.05) is 0 Å². The molecule has 1 aromatic carbocycles. The lowest BCUT2D eigenvalue weighted by Crippen LogP contribution is -2.31. The molecule has 1 atom stereocenters. The molecule has 0 amide bonds. The van der Waals surface area contributed by atoms with Crippen molar-refractivity contribution >= 4 is 5.69 Å². The van der Waals surface area contributed by atoms with Crippen molar-refractivity contribution in [2.75, 3.05) is 18.1 Å². The second-order valence-corrected chi connectivity index (χ2v) is 3.65. The van der Waals surface area contributed by atoms with Gasteiger partial charge in [-0.15, -0.1) is 0 Å². The summed E-state index contributed by atoms with van der Waals surface area (Å²) in [6, 6.07) is 6.66. The monoisotopic (exact) mass is 195 g/mol. The minimum Gasteiger partial charge on any atom is -0.394 e. The molecule has 1 fully saturated rings. The predicted octanol–water partition coefficient (Wildman–Crippen LogP) is 1.79. The van der Waals surface area contributed by atoms with E-state index in [0.717, 1.165) is 25.1 Å². The van der Waals surface area contributed by atoms with Gasteiger partial charge in [0.2, 0.25) is 0 Å². The van der Waals surface area contributed by atoms with Crippen LogP contribution in [0.15, 0.2) is 24.3 Å². The standard InChI is InChI=1S/C11H14FNO/c12-9-3-5-10(6-4-9)13-7-1-2-11(13)8-14/h3-6,11,14H,1-2,7-8H2/t11-/m0/s1. The molecular weight excluding hydrogens is 181 g/mol. The summed E-state index contributed by atoms with van der Waals surface area (Å²) in [5, 5.41) is 9.14. The smallest absolute Gasteiger partial charge is 0.123 e. The lowest BCUT2D eigenvalue weighted by atomic mass is 10.2. The van der Waals surface area contributed by atoms with E-state index in [-0.39, 0.29) is 18.5 Å². The number of nitrogens with zero attached hydrogens (tertiary/aromatic N) is 1. The fourth-order valence-corrected chi connectivity index (χ4v) is 2.00. The Morgan fingerprint density at radius 1 is 1.36 bits per heavy atom. The van der Waals surface area contributed by atoms with Crippen molar-refractivity contribution in [1.82, 2.24) is 0 Å². The lowest BCUT2D eigenvalue weighted by Gasteiger charge is -2.25. The molecule has 0 unspecified atom stereocenters. The first-order valence-electron chi connectivity index (χ1n) is 4.94. The zero-order valence-electron chi connectivity index (χ0n) is 7.99. The minimum absolute atomic E-state index is 0.178. The molecule has 2 rings (SSSR count). The molecular formula is C11H14FNO. The highest BCUT2D eigenvalue weighted by molar-refractivity contribution is 5.48. The summed E-state index contributed by atoms with van der Waals surface area (Å²) in [4.78, 5) is 2.14. The molecule has 1 N–H and O–H groups in total. The SMILES string of the molecule is OC[C@@H]1CCCN1c1ccc(F)cc1. The van der Waals surface area contributed by atoms with E-state index in [1.165, 1.54) is 12.1 Å². The summed E-state index contributed by atoms with van der Waals surface area (Å²) in [5.41, 5.74) is 1.00. The van der Waals surface area contributed by atoms with Crippen LogP contribution in [0, 0.1) is 5.82 Å². The van der Waals surface area contributed by atoms with Crippen LogP contribution in [0.25, 0.3) is 0 Å². The second-order valence-electron chi connectivity index (χ2n) is 3.65. The first-order valence-corrected chi connectivity index (χ1v) is 4.94. The normalized spacial score (nSPS) is 21.6. The maximum absolute atomic E-state index is 12.7. The number of hydrogen-bond acceptors (Lipinski definition) is 2. The van der Waals surface area contributed by atoms with Gasteiger partial charge in [-0.3, -0.25) is 0 Å². The molecule has 0 bridgehead atoms. The highest BCUT2D eigenvalue weighted by Crippen LogP contribution is 2.25. The third kappa shape index (κ3) is 1.73. The molecule has 76 valence electrons. The molecule has 0 aliphatic carbocycles. The molecule has 1 aliphatic heterocycles. The quantitative estimate of drug-likeness (QED) is 0.777. The Morgan fingerprint density at radius 2 is 2.07 bits per heavy atom. The summed E-state index contributed by atoms with van der Waals surface area (Å²) in [5.74, 6) is -0.214. The predicted molar refractivity (Wildman–Crippen MR) is 53.9 cm³/mol. The van der Waals surface area contributed by atoms with Gasteiger partial charge in [-0.25, -0.2) is 4.39 Å². The van der Waals surface area contributed by atoms with Crippen molar-refractivity contribution in [1.29, 1.82) is 0 Å². The molecule has 1 aliphatic rings. The average Bonchev–Trinajstić information content (AvgIpc) is 2.67. The van der Waals surface area contributed by atoms with Crippen LogP contribution < -0.4 is 4.90 Å². The van der Waals surface area contributed by atoms with Gasteiger partial charge in [0.15, 0.2) is 0 Å². The number of rotatable bonds is 2. The Morgan fingerprint density at radius 3 is 2.71 bits per heavy atom. The fourth-order valence-electron chi connectivity index (χ4n) is 2.00. The first-order chi connectivity index (χ1) is 6.81. The third-order valence-electron chi connectivity index (χ3n) is 2.75. The molecule has 14 heavy (non-hydrogen) atoms. The Hall–Kier alpha value is -1.09. The van der Waals surface area contributed by atoms with E-state index in [9.17, 15) is 4.39 Å². The van der Waals surface area contributed by atoms with Crippen LogP contribution in [0.1, 0.15) is 12.8 Å². The van der Waals surface area contributed by atoms with E-state index in [1.807, 2.05) is 0 Å². The Bertz CT molecular complexity index is 299.